The van der Waals surface area contributed by atoms with Gasteiger partial charge in [-0.15, -0.1) is 6.58 Å². The van der Waals surface area contributed by atoms with Gasteiger partial charge < -0.3 is 10.8 Å². The van der Waals surface area contributed by atoms with E-state index in [-0.39, 0.29) is 12.6 Å². The lowest BCUT2D eigenvalue weighted by Gasteiger charge is -2.06. The van der Waals surface area contributed by atoms with E-state index in [0.29, 0.717) is 0 Å². The summed E-state index contributed by atoms with van der Waals surface area (Å²) in [5, 5.41) is 8.67. The smallest absolute Gasteiger partial charge is 0.0585 e. The second kappa shape index (κ2) is 9.96. The number of hydrogen-bond donors (Lipinski definition) is 2. The van der Waals surface area contributed by atoms with E-state index < -0.39 is 0 Å². The molecule has 0 aromatic heterocycles. The number of aliphatic hydroxyl groups is 1. The zero-order valence-corrected chi connectivity index (χ0v) is 11.8. The van der Waals surface area contributed by atoms with Crippen molar-refractivity contribution in [2.24, 2.45) is 5.73 Å². The molecule has 0 amide bonds. The molecule has 2 rings (SSSR count). The number of aliphatic hydroxyl groups excluding tert-OH is 1. The Morgan fingerprint density at radius 2 is 1.45 bits per heavy atom. The van der Waals surface area contributed by atoms with Crippen LogP contribution in [0.5, 0.6) is 0 Å². The molecule has 2 nitrogen and oxygen atoms in total. The van der Waals surface area contributed by atoms with Gasteiger partial charge in [0.05, 0.1) is 6.61 Å². The van der Waals surface area contributed by atoms with Crippen LogP contribution < -0.4 is 5.73 Å². The molecule has 0 saturated carbocycles. The third kappa shape index (κ3) is 6.88. The van der Waals surface area contributed by atoms with E-state index in [9.17, 15) is 0 Å². The summed E-state index contributed by atoms with van der Waals surface area (Å²) in [7, 11) is 0. The number of nitrogens with two attached hydrogens (primary N) is 1. The lowest BCUT2D eigenvalue weighted by molar-refractivity contribution is 0.265. The maximum absolute atomic E-state index is 8.67. The third-order valence-electron chi connectivity index (χ3n) is 2.80. The van der Waals surface area contributed by atoms with E-state index in [1.54, 1.807) is 0 Å². The molecule has 1 unspecified atom stereocenters. The Balaban J connectivity index is 0.000000204. The van der Waals surface area contributed by atoms with Gasteiger partial charge in [0.15, 0.2) is 0 Å². The van der Waals surface area contributed by atoms with Gasteiger partial charge in [0, 0.05) is 6.04 Å². The molecule has 2 heteroatoms. The van der Waals surface area contributed by atoms with Gasteiger partial charge in [-0.3, -0.25) is 0 Å². The lowest BCUT2D eigenvalue weighted by atomic mass is 10.1. The van der Waals surface area contributed by atoms with Crippen LogP contribution in [0, 0.1) is 0 Å². The summed E-state index contributed by atoms with van der Waals surface area (Å²) in [6.45, 7) is 3.71. The average molecular weight is 269 g/mol. The standard InChI is InChI=1S/C9H13NO.C9H10/c10-9(7-11)6-8-4-2-1-3-5-8;1-2-6-9-7-4-3-5-8-9/h1-5,9,11H,6-7,10H2;2-5,7-8H,1,6H2. The minimum atomic E-state index is -0.127. The summed E-state index contributed by atoms with van der Waals surface area (Å²) in [5.41, 5.74) is 8.06. The van der Waals surface area contributed by atoms with Gasteiger partial charge >= 0.3 is 0 Å². The second-order valence-corrected chi connectivity index (χ2v) is 4.61. The molecule has 1 atom stereocenters. The first kappa shape index (κ1) is 16.2. The van der Waals surface area contributed by atoms with Crippen molar-refractivity contribution < 1.29 is 5.11 Å². The van der Waals surface area contributed by atoms with Gasteiger partial charge in [-0.25, -0.2) is 0 Å². The van der Waals surface area contributed by atoms with Crippen LogP contribution in [-0.4, -0.2) is 17.8 Å². The molecule has 2 aromatic carbocycles. The first-order valence-corrected chi connectivity index (χ1v) is 6.81. The van der Waals surface area contributed by atoms with Crippen LogP contribution in [0.3, 0.4) is 0 Å². The van der Waals surface area contributed by atoms with Crippen molar-refractivity contribution in [1.29, 1.82) is 0 Å². The zero-order valence-electron chi connectivity index (χ0n) is 11.8. The van der Waals surface area contributed by atoms with Crippen molar-refractivity contribution in [3.05, 3.63) is 84.4 Å². The van der Waals surface area contributed by atoms with E-state index in [2.05, 4.69) is 18.7 Å². The summed E-state index contributed by atoms with van der Waals surface area (Å²) in [6, 6.07) is 20.1. The molecule has 0 aliphatic rings. The van der Waals surface area contributed by atoms with E-state index in [1.807, 2.05) is 54.6 Å². The van der Waals surface area contributed by atoms with Gasteiger partial charge in [0.2, 0.25) is 0 Å². The molecule has 0 aliphatic carbocycles. The number of rotatable bonds is 5. The van der Waals surface area contributed by atoms with Crippen molar-refractivity contribution in [2.75, 3.05) is 6.61 Å². The van der Waals surface area contributed by atoms with Crippen LogP contribution in [0.1, 0.15) is 11.1 Å². The van der Waals surface area contributed by atoms with Crippen molar-refractivity contribution in [1.82, 2.24) is 0 Å². The second-order valence-electron chi connectivity index (χ2n) is 4.61. The quantitative estimate of drug-likeness (QED) is 0.820. The number of allylic oxidation sites excluding steroid dienone is 1. The SMILES string of the molecule is C=CCc1ccccc1.NC(CO)Cc1ccccc1. The van der Waals surface area contributed by atoms with Gasteiger partial charge in [-0.05, 0) is 24.0 Å². The highest BCUT2D eigenvalue weighted by atomic mass is 16.3. The Morgan fingerprint density at radius 3 is 1.90 bits per heavy atom. The van der Waals surface area contributed by atoms with Crippen molar-refractivity contribution >= 4 is 0 Å². The van der Waals surface area contributed by atoms with E-state index in [4.69, 9.17) is 10.8 Å². The maximum Gasteiger partial charge on any atom is 0.0585 e. The first-order chi connectivity index (χ1) is 9.76. The molecule has 0 radical (unpaired) electrons. The molecule has 0 bridgehead atoms. The van der Waals surface area contributed by atoms with E-state index in [0.717, 1.165) is 12.8 Å². The molecule has 0 saturated heterocycles. The molecule has 20 heavy (non-hydrogen) atoms. The number of benzene rings is 2. The Labute approximate surface area is 121 Å². The third-order valence-corrected chi connectivity index (χ3v) is 2.80. The van der Waals surface area contributed by atoms with Gasteiger partial charge in [-0.2, -0.15) is 0 Å². The minimum Gasteiger partial charge on any atom is -0.395 e. The highest BCUT2D eigenvalue weighted by Gasteiger charge is 1.99. The van der Waals surface area contributed by atoms with Gasteiger partial charge in [-0.1, -0.05) is 66.7 Å². The largest absolute Gasteiger partial charge is 0.395 e. The fraction of sp³-hybridized carbons (Fsp3) is 0.222. The van der Waals surface area contributed by atoms with Crippen molar-refractivity contribution in [2.45, 2.75) is 18.9 Å². The fourth-order valence-electron chi connectivity index (χ4n) is 1.76. The summed E-state index contributed by atoms with van der Waals surface area (Å²) < 4.78 is 0. The van der Waals surface area contributed by atoms with Crippen molar-refractivity contribution in [3.8, 4) is 0 Å². The summed E-state index contributed by atoms with van der Waals surface area (Å²) in [4.78, 5) is 0. The van der Waals surface area contributed by atoms with Crippen LogP contribution in [0.25, 0.3) is 0 Å². The van der Waals surface area contributed by atoms with Crippen LogP contribution in [0.4, 0.5) is 0 Å². The molecule has 0 fully saturated rings. The normalized spacial score (nSPS) is 11.1. The predicted octanol–water partition coefficient (Wildman–Crippen LogP) is 2.96. The summed E-state index contributed by atoms with van der Waals surface area (Å²) in [5.74, 6) is 0. The first-order valence-electron chi connectivity index (χ1n) is 6.81. The van der Waals surface area contributed by atoms with Crippen LogP contribution in [-0.2, 0) is 12.8 Å². The molecule has 3 N–H and O–H groups in total. The predicted molar refractivity (Wildman–Crippen MR) is 85.6 cm³/mol. The van der Waals surface area contributed by atoms with Crippen LogP contribution >= 0.6 is 0 Å². The molecule has 0 heterocycles. The molecule has 0 spiro atoms. The molecule has 2 aromatic rings. The monoisotopic (exact) mass is 269 g/mol. The van der Waals surface area contributed by atoms with Crippen LogP contribution in [0.15, 0.2) is 73.3 Å². The molecular weight excluding hydrogens is 246 g/mol. The van der Waals surface area contributed by atoms with Crippen molar-refractivity contribution in [3.63, 3.8) is 0 Å². The fourth-order valence-corrected chi connectivity index (χ4v) is 1.76. The van der Waals surface area contributed by atoms with Crippen LogP contribution in [0.2, 0.25) is 0 Å². The van der Waals surface area contributed by atoms with Gasteiger partial charge in [0.25, 0.3) is 0 Å². The van der Waals surface area contributed by atoms with Gasteiger partial charge in [0.1, 0.15) is 0 Å². The Morgan fingerprint density at radius 1 is 0.950 bits per heavy atom. The average Bonchev–Trinajstić information content (AvgIpc) is 2.50. The Hall–Kier alpha value is -1.90. The lowest BCUT2D eigenvalue weighted by Crippen LogP contribution is -2.26. The number of hydrogen-bond acceptors (Lipinski definition) is 2. The summed E-state index contributed by atoms with van der Waals surface area (Å²) >= 11 is 0. The maximum atomic E-state index is 8.67. The molecular formula is C18H23NO. The topological polar surface area (TPSA) is 46.2 Å². The molecule has 106 valence electrons. The highest BCUT2D eigenvalue weighted by Crippen LogP contribution is 2.00. The molecule has 0 aliphatic heterocycles. The van der Waals surface area contributed by atoms with E-state index >= 15 is 0 Å². The Bertz CT molecular complexity index is 467. The van der Waals surface area contributed by atoms with E-state index in [1.165, 1.54) is 11.1 Å². The highest BCUT2D eigenvalue weighted by molar-refractivity contribution is 5.17. The Kier molecular flexibility index (Phi) is 8.04. The summed E-state index contributed by atoms with van der Waals surface area (Å²) in [6.07, 6.45) is 3.63. The zero-order chi connectivity index (χ0) is 14.6. The minimum absolute atomic E-state index is 0.0505.